The van der Waals surface area contributed by atoms with Gasteiger partial charge in [0.2, 0.25) is 0 Å². The lowest BCUT2D eigenvalue weighted by Crippen LogP contribution is -2.44. The number of benzene rings is 1. The minimum atomic E-state index is -1.23. The molecule has 108 valence electrons. The third-order valence-electron chi connectivity index (χ3n) is 2.33. The van der Waals surface area contributed by atoms with E-state index in [4.69, 9.17) is 21.4 Å². The molecule has 0 aliphatic carbocycles. The number of para-hydroxylation sites is 1. The molecule has 0 saturated heterocycles. The maximum absolute atomic E-state index is 11.6. The number of halogens is 1. The van der Waals surface area contributed by atoms with Crippen molar-refractivity contribution in [2.24, 2.45) is 0 Å². The first-order valence-electron chi connectivity index (χ1n) is 5.57. The minimum Gasteiger partial charge on any atom is -0.478 e. The van der Waals surface area contributed by atoms with Gasteiger partial charge < -0.3 is 15.2 Å². The van der Waals surface area contributed by atoms with Gasteiger partial charge in [0.05, 0.1) is 5.02 Å². The van der Waals surface area contributed by atoms with E-state index in [-0.39, 0.29) is 16.3 Å². The van der Waals surface area contributed by atoms with E-state index < -0.39 is 24.0 Å². The fourth-order valence-electron chi connectivity index (χ4n) is 1.30. The van der Waals surface area contributed by atoms with Crippen molar-refractivity contribution in [2.45, 2.75) is 13.0 Å². The Balaban J connectivity index is 2.90. The number of imide groups is 1. The zero-order chi connectivity index (χ0) is 15.3. The fourth-order valence-corrected chi connectivity index (χ4v) is 1.52. The van der Waals surface area contributed by atoms with Gasteiger partial charge >= 0.3 is 12.0 Å². The van der Waals surface area contributed by atoms with Crippen LogP contribution in [0.25, 0.3) is 0 Å². The fraction of sp³-hybridized carbons (Fsp3) is 0.250. The van der Waals surface area contributed by atoms with Crippen LogP contribution >= 0.6 is 11.6 Å². The van der Waals surface area contributed by atoms with E-state index in [1.165, 1.54) is 32.2 Å². The molecule has 3 N–H and O–H groups in total. The van der Waals surface area contributed by atoms with Crippen molar-refractivity contribution >= 4 is 29.5 Å². The highest BCUT2D eigenvalue weighted by molar-refractivity contribution is 6.32. The Labute approximate surface area is 119 Å². The monoisotopic (exact) mass is 300 g/mol. The third-order valence-corrected chi connectivity index (χ3v) is 2.62. The summed E-state index contributed by atoms with van der Waals surface area (Å²) in [5, 5.41) is 13.3. The number of urea groups is 1. The zero-order valence-corrected chi connectivity index (χ0v) is 11.5. The lowest BCUT2D eigenvalue weighted by atomic mass is 10.2. The molecule has 8 heteroatoms. The van der Waals surface area contributed by atoms with Gasteiger partial charge in [-0.15, -0.1) is 0 Å². The number of ether oxygens (including phenoxy) is 1. The number of aromatic carboxylic acids is 1. The summed E-state index contributed by atoms with van der Waals surface area (Å²) in [6, 6.07) is 3.50. The summed E-state index contributed by atoms with van der Waals surface area (Å²) in [5.41, 5.74) is -0.169. The number of amides is 3. The van der Waals surface area contributed by atoms with Crippen LogP contribution in [0.15, 0.2) is 18.2 Å². The molecule has 1 rings (SSSR count). The molecule has 1 unspecified atom stereocenters. The second kappa shape index (κ2) is 6.76. The molecule has 1 aromatic rings. The van der Waals surface area contributed by atoms with Crippen LogP contribution in [0.3, 0.4) is 0 Å². The smallest absolute Gasteiger partial charge is 0.339 e. The first-order valence-corrected chi connectivity index (χ1v) is 5.95. The van der Waals surface area contributed by atoms with Gasteiger partial charge in [0.25, 0.3) is 5.91 Å². The van der Waals surface area contributed by atoms with Crippen molar-refractivity contribution in [3.8, 4) is 5.75 Å². The third kappa shape index (κ3) is 3.86. The van der Waals surface area contributed by atoms with Crippen LogP contribution in [0, 0.1) is 0 Å². The second-order valence-corrected chi connectivity index (χ2v) is 4.16. The molecule has 0 fully saturated rings. The number of carbonyl (C=O) groups excluding carboxylic acids is 2. The largest absolute Gasteiger partial charge is 0.478 e. The first-order chi connectivity index (χ1) is 9.36. The number of nitrogens with one attached hydrogen (secondary N) is 2. The van der Waals surface area contributed by atoms with E-state index in [0.717, 1.165) is 0 Å². The molecule has 0 saturated carbocycles. The van der Waals surface area contributed by atoms with Crippen molar-refractivity contribution in [2.75, 3.05) is 7.05 Å². The van der Waals surface area contributed by atoms with Crippen LogP contribution in [0.1, 0.15) is 17.3 Å². The van der Waals surface area contributed by atoms with Crippen molar-refractivity contribution in [3.05, 3.63) is 28.8 Å². The highest BCUT2D eigenvalue weighted by Gasteiger charge is 2.22. The SMILES string of the molecule is CNC(=O)NC(=O)C(C)Oc1c(Cl)cccc1C(=O)O. The molecule has 0 aromatic heterocycles. The summed E-state index contributed by atoms with van der Waals surface area (Å²) in [6.45, 7) is 1.37. The van der Waals surface area contributed by atoms with Gasteiger partial charge in [0.15, 0.2) is 11.9 Å². The Bertz CT molecular complexity index is 547. The van der Waals surface area contributed by atoms with Crippen molar-refractivity contribution in [1.82, 2.24) is 10.6 Å². The molecule has 1 atom stereocenters. The predicted octanol–water partition coefficient (Wildman–Crippen LogP) is 1.26. The molecule has 0 radical (unpaired) electrons. The molecular formula is C12H13ClN2O5. The maximum Gasteiger partial charge on any atom is 0.339 e. The molecule has 7 nitrogen and oxygen atoms in total. The van der Waals surface area contributed by atoms with Crippen molar-refractivity contribution in [1.29, 1.82) is 0 Å². The van der Waals surface area contributed by atoms with Crippen LogP contribution in [-0.4, -0.2) is 36.2 Å². The highest BCUT2D eigenvalue weighted by atomic mass is 35.5. The zero-order valence-electron chi connectivity index (χ0n) is 10.8. The van der Waals surface area contributed by atoms with Crippen LogP contribution in [0.4, 0.5) is 4.79 Å². The summed E-state index contributed by atoms with van der Waals surface area (Å²) in [5.74, 6) is -2.08. The van der Waals surface area contributed by atoms with Crippen LogP contribution in [-0.2, 0) is 4.79 Å². The van der Waals surface area contributed by atoms with Crippen LogP contribution < -0.4 is 15.4 Å². The molecule has 0 aliphatic rings. The van der Waals surface area contributed by atoms with E-state index in [1.807, 2.05) is 5.32 Å². The highest BCUT2D eigenvalue weighted by Crippen LogP contribution is 2.29. The average molecular weight is 301 g/mol. The molecule has 0 heterocycles. The number of carboxylic acids is 1. The number of hydrogen-bond acceptors (Lipinski definition) is 4. The standard InChI is InChI=1S/C12H13ClN2O5/c1-6(10(16)15-12(19)14-2)20-9-7(11(17)18)4-3-5-8(9)13/h3-6H,1-2H3,(H,17,18)(H2,14,15,16,19). The van der Waals surface area contributed by atoms with Gasteiger partial charge in [-0.1, -0.05) is 17.7 Å². The summed E-state index contributed by atoms with van der Waals surface area (Å²) in [4.78, 5) is 33.7. The summed E-state index contributed by atoms with van der Waals surface area (Å²) < 4.78 is 5.24. The molecule has 1 aromatic carbocycles. The molecule has 0 aliphatic heterocycles. The normalized spacial score (nSPS) is 11.3. The Hall–Kier alpha value is -2.28. The Morgan fingerprint density at radius 1 is 1.35 bits per heavy atom. The minimum absolute atomic E-state index is 0.0597. The summed E-state index contributed by atoms with van der Waals surface area (Å²) in [6.07, 6.45) is -1.09. The molecule has 20 heavy (non-hydrogen) atoms. The van der Waals surface area contributed by atoms with Gasteiger partial charge in [-0.25, -0.2) is 9.59 Å². The first kappa shape index (κ1) is 15.8. The molecular weight excluding hydrogens is 288 g/mol. The average Bonchev–Trinajstić information content (AvgIpc) is 2.40. The van der Waals surface area contributed by atoms with Gasteiger partial charge in [-0.05, 0) is 19.1 Å². The van der Waals surface area contributed by atoms with E-state index in [0.29, 0.717) is 0 Å². The summed E-state index contributed by atoms with van der Waals surface area (Å²) in [7, 11) is 1.35. The Kier molecular flexibility index (Phi) is 5.33. The topological polar surface area (TPSA) is 105 Å². The predicted molar refractivity (Wildman–Crippen MR) is 71.1 cm³/mol. The Morgan fingerprint density at radius 3 is 2.55 bits per heavy atom. The lowest BCUT2D eigenvalue weighted by molar-refractivity contribution is -0.126. The van der Waals surface area contributed by atoms with E-state index in [1.54, 1.807) is 0 Å². The van der Waals surface area contributed by atoms with Gasteiger partial charge in [-0.2, -0.15) is 0 Å². The van der Waals surface area contributed by atoms with Crippen LogP contribution in [0.5, 0.6) is 5.75 Å². The van der Waals surface area contributed by atoms with Crippen molar-refractivity contribution < 1.29 is 24.2 Å². The number of hydrogen-bond donors (Lipinski definition) is 3. The maximum atomic E-state index is 11.6. The number of carbonyl (C=O) groups is 3. The van der Waals surface area contributed by atoms with Crippen LogP contribution in [0.2, 0.25) is 5.02 Å². The van der Waals surface area contributed by atoms with Gasteiger partial charge in [0, 0.05) is 7.05 Å². The quantitative estimate of drug-likeness (QED) is 0.776. The summed E-state index contributed by atoms with van der Waals surface area (Å²) >= 11 is 5.86. The molecule has 0 bridgehead atoms. The number of carboxylic acid groups (broad SMARTS) is 1. The van der Waals surface area contributed by atoms with E-state index in [2.05, 4.69) is 5.32 Å². The van der Waals surface area contributed by atoms with Crippen molar-refractivity contribution in [3.63, 3.8) is 0 Å². The molecule has 3 amide bonds. The second-order valence-electron chi connectivity index (χ2n) is 3.75. The van der Waals surface area contributed by atoms with E-state index >= 15 is 0 Å². The van der Waals surface area contributed by atoms with E-state index in [9.17, 15) is 14.4 Å². The van der Waals surface area contributed by atoms with Gasteiger partial charge in [-0.3, -0.25) is 10.1 Å². The van der Waals surface area contributed by atoms with Gasteiger partial charge in [0.1, 0.15) is 5.56 Å². The molecule has 0 spiro atoms. The Morgan fingerprint density at radius 2 is 2.00 bits per heavy atom. The lowest BCUT2D eigenvalue weighted by Gasteiger charge is -2.16. The number of rotatable bonds is 4.